The highest BCUT2D eigenvalue weighted by Gasteiger charge is 2.17. The number of hydrogen-bond acceptors (Lipinski definition) is 1. The Kier molecular flexibility index (Phi) is 4.76. The number of alkyl halides is 1. The molecule has 0 spiro atoms. The molecule has 1 aromatic carbocycles. The summed E-state index contributed by atoms with van der Waals surface area (Å²) in [4.78, 5) is 0. The summed E-state index contributed by atoms with van der Waals surface area (Å²) in [5, 5.41) is 0. The van der Waals surface area contributed by atoms with E-state index >= 15 is 0 Å². The highest BCUT2D eigenvalue weighted by Crippen LogP contribution is 2.23. The van der Waals surface area contributed by atoms with Crippen LogP contribution >= 0.6 is 0 Å². The molecule has 84 valence electrons. The summed E-state index contributed by atoms with van der Waals surface area (Å²) < 4.78 is 12.5. The van der Waals surface area contributed by atoms with E-state index in [1.807, 2.05) is 6.92 Å². The van der Waals surface area contributed by atoms with Crippen molar-refractivity contribution in [3.63, 3.8) is 0 Å². The maximum Gasteiger partial charge on any atom is 0.105 e. The van der Waals surface area contributed by atoms with E-state index in [0.717, 1.165) is 18.4 Å². The van der Waals surface area contributed by atoms with E-state index in [2.05, 4.69) is 31.2 Å². The SMILES string of the molecule is CCc1ccc(C(CC)C(N)CF)cc1. The van der Waals surface area contributed by atoms with Crippen molar-refractivity contribution in [2.45, 2.75) is 38.6 Å². The van der Waals surface area contributed by atoms with Gasteiger partial charge in [-0.3, -0.25) is 0 Å². The van der Waals surface area contributed by atoms with Crippen LogP contribution in [0.1, 0.15) is 37.3 Å². The first-order valence-corrected chi connectivity index (χ1v) is 5.63. The molecule has 0 aliphatic rings. The molecule has 2 heteroatoms. The van der Waals surface area contributed by atoms with Gasteiger partial charge in [0.05, 0.1) is 0 Å². The molecule has 15 heavy (non-hydrogen) atoms. The average molecular weight is 209 g/mol. The Hall–Kier alpha value is -0.890. The van der Waals surface area contributed by atoms with Crippen LogP contribution in [-0.2, 0) is 6.42 Å². The van der Waals surface area contributed by atoms with Crippen LogP contribution in [-0.4, -0.2) is 12.7 Å². The van der Waals surface area contributed by atoms with E-state index in [0.29, 0.717) is 0 Å². The van der Waals surface area contributed by atoms with Gasteiger partial charge in [0.1, 0.15) is 6.67 Å². The van der Waals surface area contributed by atoms with Crippen molar-refractivity contribution < 1.29 is 4.39 Å². The third-order valence-electron chi connectivity index (χ3n) is 2.95. The molecule has 2 unspecified atom stereocenters. The second-order valence-corrected chi connectivity index (χ2v) is 3.93. The Morgan fingerprint density at radius 3 is 2.20 bits per heavy atom. The summed E-state index contributed by atoms with van der Waals surface area (Å²) in [6, 6.07) is 7.97. The van der Waals surface area contributed by atoms with Crippen LogP contribution in [0, 0.1) is 0 Å². The third kappa shape index (κ3) is 3.03. The molecule has 0 saturated carbocycles. The molecule has 0 aromatic heterocycles. The van der Waals surface area contributed by atoms with Gasteiger partial charge in [0.25, 0.3) is 0 Å². The Morgan fingerprint density at radius 1 is 1.20 bits per heavy atom. The first-order chi connectivity index (χ1) is 7.22. The molecule has 0 radical (unpaired) electrons. The average Bonchev–Trinajstić information content (AvgIpc) is 2.30. The number of rotatable bonds is 5. The lowest BCUT2D eigenvalue weighted by atomic mass is 9.89. The molecule has 1 nitrogen and oxygen atoms in total. The minimum Gasteiger partial charge on any atom is -0.325 e. The summed E-state index contributed by atoms with van der Waals surface area (Å²) in [5.41, 5.74) is 8.22. The summed E-state index contributed by atoms with van der Waals surface area (Å²) in [5.74, 6) is 0.140. The molecule has 0 aliphatic heterocycles. The van der Waals surface area contributed by atoms with Gasteiger partial charge >= 0.3 is 0 Å². The van der Waals surface area contributed by atoms with Gasteiger partial charge in [0.2, 0.25) is 0 Å². The number of aryl methyl sites for hydroxylation is 1. The first-order valence-electron chi connectivity index (χ1n) is 5.63. The second-order valence-electron chi connectivity index (χ2n) is 3.93. The highest BCUT2D eigenvalue weighted by atomic mass is 19.1. The minimum atomic E-state index is -0.450. The summed E-state index contributed by atoms with van der Waals surface area (Å²) >= 11 is 0. The van der Waals surface area contributed by atoms with Crippen LogP contribution < -0.4 is 5.73 Å². The lowest BCUT2D eigenvalue weighted by Gasteiger charge is -2.20. The quantitative estimate of drug-likeness (QED) is 0.792. The van der Waals surface area contributed by atoms with Crippen molar-refractivity contribution in [1.29, 1.82) is 0 Å². The zero-order valence-electron chi connectivity index (χ0n) is 9.54. The fourth-order valence-corrected chi connectivity index (χ4v) is 1.89. The van der Waals surface area contributed by atoms with Crippen LogP contribution in [0.5, 0.6) is 0 Å². The fraction of sp³-hybridized carbons (Fsp3) is 0.538. The Balaban J connectivity index is 2.83. The number of hydrogen-bond donors (Lipinski definition) is 1. The number of halogens is 1. The predicted molar refractivity (Wildman–Crippen MR) is 62.8 cm³/mol. The van der Waals surface area contributed by atoms with Crippen molar-refractivity contribution in [2.24, 2.45) is 5.73 Å². The van der Waals surface area contributed by atoms with E-state index in [4.69, 9.17) is 5.73 Å². The van der Waals surface area contributed by atoms with Gasteiger partial charge in [-0.05, 0) is 24.0 Å². The monoisotopic (exact) mass is 209 g/mol. The van der Waals surface area contributed by atoms with Gasteiger partial charge in [-0.2, -0.15) is 0 Å². The summed E-state index contributed by atoms with van der Waals surface area (Å²) in [7, 11) is 0. The predicted octanol–water partition coefficient (Wildman–Crippen LogP) is 3.04. The van der Waals surface area contributed by atoms with Gasteiger partial charge in [0, 0.05) is 12.0 Å². The van der Waals surface area contributed by atoms with Crippen molar-refractivity contribution >= 4 is 0 Å². The molecular weight excluding hydrogens is 189 g/mol. The van der Waals surface area contributed by atoms with Crippen LogP contribution in [0.2, 0.25) is 0 Å². The van der Waals surface area contributed by atoms with Crippen molar-refractivity contribution in [2.75, 3.05) is 6.67 Å². The van der Waals surface area contributed by atoms with Gasteiger partial charge in [-0.25, -0.2) is 4.39 Å². The van der Waals surface area contributed by atoms with E-state index in [1.54, 1.807) is 0 Å². The normalized spacial score (nSPS) is 14.9. The second kappa shape index (κ2) is 5.86. The van der Waals surface area contributed by atoms with Crippen LogP contribution in [0.25, 0.3) is 0 Å². The standard InChI is InChI=1S/C13H20FN/c1-3-10-5-7-11(8-6-10)12(4-2)13(15)9-14/h5-8,12-13H,3-4,9,15H2,1-2H3. The zero-order valence-corrected chi connectivity index (χ0v) is 9.54. The molecular formula is C13H20FN. The topological polar surface area (TPSA) is 26.0 Å². The molecule has 2 atom stereocenters. The lowest BCUT2D eigenvalue weighted by molar-refractivity contribution is 0.380. The Morgan fingerprint density at radius 2 is 1.80 bits per heavy atom. The zero-order chi connectivity index (χ0) is 11.3. The smallest absolute Gasteiger partial charge is 0.105 e. The molecule has 1 aromatic rings. The van der Waals surface area contributed by atoms with Gasteiger partial charge in [-0.15, -0.1) is 0 Å². The maximum absolute atomic E-state index is 12.5. The molecule has 0 fully saturated rings. The molecule has 0 amide bonds. The van der Waals surface area contributed by atoms with Crippen LogP contribution in [0.3, 0.4) is 0 Å². The van der Waals surface area contributed by atoms with E-state index in [-0.39, 0.29) is 12.0 Å². The van der Waals surface area contributed by atoms with Crippen molar-refractivity contribution in [3.8, 4) is 0 Å². The summed E-state index contributed by atoms with van der Waals surface area (Å²) in [6.07, 6.45) is 1.92. The van der Waals surface area contributed by atoms with E-state index in [1.165, 1.54) is 5.56 Å². The van der Waals surface area contributed by atoms with Crippen molar-refractivity contribution in [1.82, 2.24) is 0 Å². The minimum absolute atomic E-state index is 0.140. The largest absolute Gasteiger partial charge is 0.325 e. The molecule has 1 rings (SSSR count). The third-order valence-corrected chi connectivity index (χ3v) is 2.95. The van der Waals surface area contributed by atoms with Crippen molar-refractivity contribution in [3.05, 3.63) is 35.4 Å². The Bertz CT molecular complexity index is 281. The Labute approximate surface area is 91.5 Å². The van der Waals surface area contributed by atoms with Crippen LogP contribution in [0.4, 0.5) is 4.39 Å². The molecule has 0 bridgehead atoms. The molecule has 2 N–H and O–H groups in total. The maximum atomic E-state index is 12.5. The molecule has 0 heterocycles. The lowest BCUT2D eigenvalue weighted by Crippen LogP contribution is -2.30. The number of nitrogens with two attached hydrogens (primary N) is 1. The van der Waals surface area contributed by atoms with E-state index in [9.17, 15) is 4.39 Å². The molecule has 0 aliphatic carbocycles. The summed E-state index contributed by atoms with van der Waals surface area (Å²) in [6.45, 7) is 3.72. The van der Waals surface area contributed by atoms with Crippen LogP contribution in [0.15, 0.2) is 24.3 Å². The molecule has 0 saturated heterocycles. The van der Waals surface area contributed by atoms with Gasteiger partial charge in [0.15, 0.2) is 0 Å². The highest BCUT2D eigenvalue weighted by molar-refractivity contribution is 5.26. The van der Waals surface area contributed by atoms with Gasteiger partial charge < -0.3 is 5.73 Å². The fourth-order valence-electron chi connectivity index (χ4n) is 1.89. The van der Waals surface area contributed by atoms with Gasteiger partial charge in [-0.1, -0.05) is 38.1 Å². The van der Waals surface area contributed by atoms with E-state index < -0.39 is 6.67 Å². The number of benzene rings is 1. The first kappa shape index (κ1) is 12.2.